The lowest BCUT2D eigenvalue weighted by Crippen LogP contribution is -2.38. The molecule has 2 rings (SSSR count). The maximum atomic E-state index is 12.4. The number of ether oxygens (including phenoxy) is 2. The van der Waals surface area contributed by atoms with Gasteiger partial charge >= 0.3 is 0 Å². The van der Waals surface area contributed by atoms with E-state index in [-0.39, 0.29) is 24.3 Å². The molecule has 0 unspecified atom stereocenters. The molecule has 0 fully saturated rings. The number of benzene rings is 1. The first-order valence-electron chi connectivity index (χ1n) is 8.56. The molecule has 0 spiro atoms. The summed E-state index contributed by atoms with van der Waals surface area (Å²) in [6.07, 6.45) is 2.84. The molecule has 1 aromatic carbocycles. The summed E-state index contributed by atoms with van der Waals surface area (Å²) in [6.45, 7) is 2.54. The molecule has 1 aromatic rings. The first-order valence-corrected chi connectivity index (χ1v) is 9.63. The molecule has 1 aliphatic rings. The molecule has 5 nitrogen and oxygen atoms in total. The van der Waals surface area contributed by atoms with Crippen molar-refractivity contribution < 1.29 is 19.4 Å². The average Bonchev–Trinajstić information content (AvgIpc) is 2.60. The Labute approximate surface area is 163 Å². The highest BCUT2D eigenvalue weighted by molar-refractivity contribution is 14.1. The molecule has 138 valence electrons. The van der Waals surface area contributed by atoms with E-state index in [0.29, 0.717) is 18.8 Å². The normalized spacial score (nSPS) is 22.9. The molecule has 0 saturated carbocycles. The van der Waals surface area contributed by atoms with Gasteiger partial charge in [0.1, 0.15) is 0 Å². The number of allylic oxidation sites excluding steroid dienone is 1. The van der Waals surface area contributed by atoms with Crippen LogP contribution in [0.1, 0.15) is 31.2 Å². The van der Waals surface area contributed by atoms with Crippen molar-refractivity contribution in [1.29, 1.82) is 0 Å². The fraction of sp³-hybridized carbons (Fsp3) is 0.526. The van der Waals surface area contributed by atoms with Gasteiger partial charge in [-0.2, -0.15) is 0 Å². The number of likely N-dealkylation sites (N-methyl/N-ethyl adjacent to an activating group) is 1. The van der Waals surface area contributed by atoms with Crippen molar-refractivity contribution >= 4 is 28.5 Å². The fourth-order valence-corrected chi connectivity index (χ4v) is 3.40. The monoisotopic (exact) mass is 459 g/mol. The van der Waals surface area contributed by atoms with Crippen LogP contribution in [-0.4, -0.2) is 49.5 Å². The third kappa shape index (κ3) is 5.18. The standard InChI is InChI=1S/C19H26INO4/c1-4-24-19-15(6-5-11-22)16(13-7-9-14(20)10-8-13)12-17(25-19)18(23)21(2)3/h7-10,12,15-16,19,22H,4-6,11H2,1-3H3/t15-,16+,19+/m0/s1. The SMILES string of the molecule is CCO[C@@H]1OC(C(=O)N(C)C)=C[C@H](c2ccc(I)cc2)[C@@H]1CCCO. The molecular formula is C19H26INO4. The summed E-state index contributed by atoms with van der Waals surface area (Å²) in [4.78, 5) is 13.9. The van der Waals surface area contributed by atoms with Gasteiger partial charge in [0, 0.05) is 42.7 Å². The highest BCUT2D eigenvalue weighted by atomic mass is 127. The zero-order chi connectivity index (χ0) is 18.4. The average molecular weight is 459 g/mol. The van der Waals surface area contributed by atoms with Crippen LogP contribution in [0, 0.1) is 9.49 Å². The van der Waals surface area contributed by atoms with Crippen LogP contribution in [0.25, 0.3) is 0 Å². The summed E-state index contributed by atoms with van der Waals surface area (Å²) in [5.41, 5.74) is 1.13. The fourth-order valence-electron chi connectivity index (χ4n) is 3.04. The van der Waals surface area contributed by atoms with E-state index >= 15 is 0 Å². The van der Waals surface area contributed by atoms with Gasteiger partial charge in [-0.25, -0.2) is 0 Å². The van der Waals surface area contributed by atoms with Crippen LogP contribution >= 0.6 is 22.6 Å². The molecule has 25 heavy (non-hydrogen) atoms. The number of rotatable bonds is 7. The molecule has 1 aliphatic heterocycles. The zero-order valence-corrected chi connectivity index (χ0v) is 17.1. The van der Waals surface area contributed by atoms with Gasteiger partial charge in [-0.1, -0.05) is 12.1 Å². The molecule has 1 heterocycles. The molecule has 6 heteroatoms. The number of carbonyl (C=O) groups excluding carboxylic acids is 1. The molecule has 0 saturated heterocycles. The summed E-state index contributed by atoms with van der Waals surface area (Å²) in [5, 5.41) is 9.26. The molecule has 0 aromatic heterocycles. The summed E-state index contributed by atoms with van der Waals surface area (Å²) in [7, 11) is 3.42. The highest BCUT2D eigenvalue weighted by Gasteiger charge is 2.38. The van der Waals surface area contributed by atoms with Crippen molar-refractivity contribution in [3.8, 4) is 0 Å². The largest absolute Gasteiger partial charge is 0.459 e. The molecule has 1 amide bonds. The molecule has 0 bridgehead atoms. The Hall–Kier alpha value is -1.12. The maximum Gasteiger partial charge on any atom is 0.288 e. The lowest BCUT2D eigenvalue weighted by atomic mass is 9.80. The lowest BCUT2D eigenvalue weighted by Gasteiger charge is -2.37. The maximum absolute atomic E-state index is 12.4. The van der Waals surface area contributed by atoms with Crippen molar-refractivity contribution in [2.45, 2.75) is 32.0 Å². The number of carbonyl (C=O) groups is 1. The van der Waals surface area contributed by atoms with Gasteiger partial charge in [0.15, 0.2) is 5.76 Å². The first-order chi connectivity index (χ1) is 12.0. The van der Waals surface area contributed by atoms with Crippen LogP contribution in [0.2, 0.25) is 0 Å². The topological polar surface area (TPSA) is 59.0 Å². The Morgan fingerprint density at radius 1 is 1.32 bits per heavy atom. The van der Waals surface area contributed by atoms with Crippen LogP contribution in [0.4, 0.5) is 0 Å². The van der Waals surface area contributed by atoms with Crippen LogP contribution in [0.5, 0.6) is 0 Å². The van der Waals surface area contributed by atoms with Crippen LogP contribution < -0.4 is 0 Å². The van der Waals surface area contributed by atoms with E-state index in [1.54, 1.807) is 14.1 Å². The van der Waals surface area contributed by atoms with E-state index in [1.807, 2.05) is 13.0 Å². The third-order valence-electron chi connectivity index (χ3n) is 4.28. The quantitative estimate of drug-likeness (QED) is 0.637. The highest BCUT2D eigenvalue weighted by Crippen LogP contribution is 2.39. The summed E-state index contributed by atoms with van der Waals surface area (Å²) in [5.74, 6) is 0.215. The Balaban J connectivity index is 2.42. The molecule has 1 N–H and O–H groups in total. The number of aliphatic hydroxyl groups is 1. The number of hydrogen-bond acceptors (Lipinski definition) is 4. The second-order valence-electron chi connectivity index (χ2n) is 6.28. The van der Waals surface area contributed by atoms with E-state index < -0.39 is 6.29 Å². The number of nitrogens with zero attached hydrogens (tertiary/aromatic N) is 1. The van der Waals surface area contributed by atoms with Crippen molar-refractivity contribution in [3.05, 3.63) is 45.2 Å². The van der Waals surface area contributed by atoms with Crippen molar-refractivity contribution in [1.82, 2.24) is 4.90 Å². The van der Waals surface area contributed by atoms with Crippen LogP contribution in [-0.2, 0) is 14.3 Å². The van der Waals surface area contributed by atoms with E-state index in [0.717, 1.165) is 15.6 Å². The zero-order valence-electron chi connectivity index (χ0n) is 14.9. The van der Waals surface area contributed by atoms with Gasteiger partial charge in [-0.3, -0.25) is 4.79 Å². The number of hydrogen-bond donors (Lipinski definition) is 1. The first kappa shape index (κ1) is 20.2. The number of amides is 1. The predicted octanol–water partition coefficient (Wildman–Crippen LogP) is 3.13. The Morgan fingerprint density at radius 2 is 2.00 bits per heavy atom. The minimum absolute atomic E-state index is 0.00718. The number of halogens is 1. The van der Waals surface area contributed by atoms with Crippen LogP contribution in [0.3, 0.4) is 0 Å². The summed E-state index contributed by atoms with van der Waals surface area (Å²) < 4.78 is 12.9. The number of aliphatic hydroxyl groups excluding tert-OH is 1. The third-order valence-corrected chi connectivity index (χ3v) is 5.00. The van der Waals surface area contributed by atoms with Gasteiger partial charge in [0.2, 0.25) is 6.29 Å². The second kappa shape index (κ2) is 9.54. The molecule has 0 aliphatic carbocycles. The Bertz CT molecular complexity index is 600. The summed E-state index contributed by atoms with van der Waals surface area (Å²) in [6, 6.07) is 8.29. The van der Waals surface area contributed by atoms with Crippen molar-refractivity contribution in [3.63, 3.8) is 0 Å². The van der Waals surface area contributed by atoms with Crippen molar-refractivity contribution in [2.24, 2.45) is 5.92 Å². The minimum atomic E-state index is -0.496. The van der Waals surface area contributed by atoms with Crippen LogP contribution in [0.15, 0.2) is 36.1 Å². The Kier molecular flexibility index (Phi) is 7.71. The minimum Gasteiger partial charge on any atom is -0.459 e. The van der Waals surface area contributed by atoms with Gasteiger partial charge in [0.25, 0.3) is 5.91 Å². The van der Waals surface area contributed by atoms with E-state index in [4.69, 9.17) is 9.47 Å². The van der Waals surface area contributed by atoms with Gasteiger partial charge in [-0.15, -0.1) is 0 Å². The summed E-state index contributed by atoms with van der Waals surface area (Å²) >= 11 is 2.28. The van der Waals surface area contributed by atoms with E-state index in [9.17, 15) is 9.90 Å². The van der Waals surface area contributed by atoms with Crippen molar-refractivity contribution in [2.75, 3.05) is 27.3 Å². The van der Waals surface area contributed by atoms with Gasteiger partial charge in [-0.05, 0) is 66.1 Å². The molecule has 0 radical (unpaired) electrons. The van der Waals surface area contributed by atoms with E-state index in [2.05, 4.69) is 46.9 Å². The Morgan fingerprint density at radius 3 is 2.56 bits per heavy atom. The van der Waals surface area contributed by atoms with E-state index in [1.165, 1.54) is 4.90 Å². The molecule has 3 atom stereocenters. The second-order valence-corrected chi connectivity index (χ2v) is 7.52. The smallest absolute Gasteiger partial charge is 0.288 e. The lowest BCUT2D eigenvalue weighted by molar-refractivity contribution is -0.169. The molecular weight excluding hydrogens is 433 g/mol. The van der Waals surface area contributed by atoms with Gasteiger partial charge in [0.05, 0.1) is 0 Å². The predicted molar refractivity (Wildman–Crippen MR) is 105 cm³/mol. The van der Waals surface area contributed by atoms with Gasteiger partial charge < -0.3 is 19.5 Å².